The zero-order valence-corrected chi connectivity index (χ0v) is 17.0. The van der Waals surface area contributed by atoms with Crippen molar-refractivity contribution in [2.45, 2.75) is 38.5 Å². The number of nitrogens with one attached hydrogen (secondary N) is 1. The van der Waals surface area contributed by atoms with Crippen LogP contribution >= 0.6 is 0 Å². The van der Waals surface area contributed by atoms with Crippen molar-refractivity contribution < 1.29 is 0 Å². The summed E-state index contributed by atoms with van der Waals surface area (Å²) in [5.41, 5.74) is 7.88. The molecule has 4 rings (SSSR count). The van der Waals surface area contributed by atoms with E-state index in [1.165, 1.54) is 65.6 Å². The van der Waals surface area contributed by atoms with Crippen molar-refractivity contribution in [3.63, 3.8) is 0 Å². The summed E-state index contributed by atoms with van der Waals surface area (Å²) >= 11 is 0. The summed E-state index contributed by atoms with van der Waals surface area (Å²) in [6, 6.07) is 32.8. The summed E-state index contributed by atoms with van der Waals surface area (Å²) in [4.78, 5) is 3.30. The number of aromatic nitrogens is 1. The van der Waals surface area contributed by atoms with Gasteiger partial charge in [-0.1, -0.05) is 85.6 Å². The summed E-state index contributed by atoms with van der Waals surface area (Å²) in [5, 5.41) is 0. The van der Waals surface area contributed by atoms with Gasteiger partial charge in [-0.25, -0.2) is 0 Å². The third-order valence-corrected chi connectivity index (χ3v) is 5.56. The molecule has 0 radical (unpaired) electrons. The Kier molecular flexibility index (Phi) is 6.60. The number of unbranched alkanes of at least 4 members (excludes halogenated alkanes) is 3. The van der Waals surface area contributed by atoms with Crippen LogP contribution in [0.5, 0.6) is 0 Å². The Morgan fingerprint density at radius 3 is 1.90 bits per heavy atom. The average Bonchev–Trinajstić information content (AvgIpc) is 3.32. The highest BCUT2D eigenvalue weighted by molar-refractivity contribution is 5.71. The SMILES string of the molecule is c1ccc(CCCCCCc2cccc(-c3cccc(-c4ccc[nH]4)c3)c2)cc1. The second-order valence-corrected chi connectivity index (χ2v) is 7.76. The molecule has 29 heavy (non-hydrogen) atoms. The monoisotopic (exact) mass is 379 g/mol. The molecule has 0 unspecified atom stereocenters. The van der Waals surface area contributed by atoms with Gasteiger partial charge in [0.1, 0.15) is 0 Å². The molecular formula is C28H29N. The molecule has 1 N–H and O–H groups in total. The molecule has 0 spiro atoms. The van der Waals surface area contributed by atoms with Gasteiger partial charge in [-0.05, 0) is 71.7 Å². The van der Waals surface area contributed by atoms with Gasteiger partial charge >= 0.3 is 0 Å². The van der Waals surface area contributed by atoms with Crippen molar-refractivity contribution in [3.8, 4) is 22.4 Å². The van der Waals surface area contributed by atoms with Crippen molar-refractivity contribution in [1.82, 2.24) is 4.98 Å². The molecule has 1 heterocycles. The number of H-pyrrole nitrogens is 1. The van der Waals surface area contributed by atoms with Crippen LogP contribution in [0.4, 0.5) is 0 Å². The second-order valence-electron chi connectivity index (χ2n) is 7.76. The van der Waals surface area contributed by atoms with E-state index >= 15 is 0 Å². The Bertz CT molecular complexity index is 999. The molecule has 1 nitrogen and oxygen atoms in total. The molecular weight excluding hydrogens is 350 g/mol. The van der Waals surface area contributed by atoms with Crippen LogP contribution in [-0.4, -0.2) is 4.98 Å². The van der Waals surface area contributed by atoms with Gasteiger partial charge in [-0.2, -0.15) is 0 Å². The van der Waals surface area contributed by atoms with Gasteiger partial charge < -0.3 is 4.98 Å². The number of aromatic amines is 1. The van der Waals surface area contributed by atoms with Crippen LogP contribution < -0.4 is 0 Å². The van der Waals surface area contributed by atoms with Crippen LogP contribution in [0, 0.1) is 0 Å². The van der Waals surface area contributed by atoms with E-state index in [2.05, 4.69) is 89.9 Å². The fraction of sp³-hybridized carbons (Fsp3) is 0.214. The van der Waals surface area contributed by atoms with Crippen molar-refractivity contribution in [2.24, 2.45) is 0 Å². The van der Waals surface area contributed by atoms with Gasteiger partial charge in [0, 0.05) is 11.9 Å². The zero-order chi connectivity index (χ0) is 19.7. The molecule has 0 bridgehead atoms. The summed E-state index contributed by atoms with van der Waals surface area (Å²) in [6.07, 6.45) is 9.51. The Morgan fingerprint density at radius 1 is 0.483 bits per heavy atom. The molecule has 0 aliphatic carbocycles. The molecule has 0 saturated carbocycles. The zero-order valence-electron chi connectivity index (χ0n) is 17.0. The predicted octanol–water partition coefficient (Wildman–Crippen LogP) is 7.69. The standard InChI is InChI=1S/C28H29N/c1(4-11-23-12-6-3-7-13-23)2-5-14-24-15-8-16-25(21-24)26-17-9-18-27(22-26)28-19-10-20-29-28/h3,6-10,12-13,15-22,29H,1-2,4-5,11,14H2. The van der Waals surface area contributed by atoms with Crippen molar-refractivity contribution in [2.75, 3.05) is 0 Å². The average molecular weight is 380 g/mol. The molecule has 0 fully saturated rings. The summed E-state index contributed by atoms with van der Waals surface area (Å²) in [6.45, 7) is 0. The fourth-order valence-electron chi connectivity index (χ4n) is 3.94. The summed E-state index contributed by atoms with van der Waals surface area (Å²) in [5.74, 6) is 0. The quantitative estimate of drug-likeness (QED) is 0.287. The minimum Gasteiger partial charge on any atom is -0.361 e. The van der Waals surface area contributed by atoms with Gasteiger partial charge in [0.15, 0.2) is 0 Å². The van der Waals surface area contributed by atoms with Crippen molar-refractivity contribution in [3.05, 3.63) is 108 Å². The Balaban J connectivity index is 1.29. The van der Waals surface area contributed by atoms with E-state index in [1.54, 1.807) is 0 Å². The highest BCUT2D eigenvalue weighted by Gasteiger charge is 2.03. The number of benzene rings is 3. The van der Waals surface area contributed by atoms with E-state index in [1.807, 2.05) is 12.3 Å². The maximum absolute atomic E-state index is 3.30. The van der Waals surface area contributed by atoms with Crippen molar-refractivity contribution in [1.29, 1.82) is 0 Å². The first-order valence-electron chi connectivity index (χ1n) is 10.8. The second kappa shape index (κ2) is 9.93. The van der Waals surface area contributed by atoms with Gasteiger partial charge in [0.25, 0.3) is 0 Å². The van der Waals surface area contributed by atoms with Crippen LogP contribution in [-0.2, 0) is 12.8 Å². The van der Waals surface area contributed by atoms with Gasteiger partial charge in [-0.15, -0.1) is 0 Å². The maximum Gasteiger partial charge on any atom is 0.0454 e. The lowest BCUT2D eigenvalue weighted by Crippen LogP contribution is -1.89. The summed E-state index contributed by atoms with van der Waals surface area (Å²) in [7, 11) is 0. The van der Waals surface area contributed by atoms with Crippen LogP contribution in [0.25, 0.3) is 22.4 Å². The molecule has 146 valence electrons. The number of hydrogen-bond acceptors (Lipinski definition) is 0. The van der Waals surface area contributed by atoms with Gasteiger partial charge in [0.05, 0.1) is 0 Å². The molecule has 0 amide bonds. The number of hydrogen-bond donors (Lipinski definition) is 1. The highest BCUT2D eigenvalue weighted by atomic mass is 14.7. The molecule has 0 aliphatic rings. The maximum atomic E-state index is 3.30. The van der Waals surface area contributed by atoms with Gasteiger partial charge in [0.2, 0.25) is 0 Å². The lowest BCUT2D eigenvalue weighted by Gasteiger charge is -2.08. The summed E-state index contributed by atoms with van der Waals surface area (Å²) < 4.78 is 0. The minimum absolute atomic E-state index is 1.16. The van der Waals surface area contributed by atoms with E-state index in [0.717, 1.165) is 6.42 Å². The third-order valence-electron chi connectivity index (χ3n) is 5.56. The molecule has 0 saturated heterocycles. The first kappa shape index (κ1) is 19.3. The first-order valence-corrected chi connectivity index (χ1v) is 10.8. The van der Waals surface area contributed by atoms with E-state index in [0.29, 0.717) is 0 Å². The smallest absolute Gasteiger partial charge is 0.0454 e. The van der Waals surface area contributed by atoms with Crippen LogP contribution in [0.3, 0.4) is 0 Å². The van der Waals surface area contributed by atoms with E-state index < -0.39 is 0 Å². The number of rotatable bonds is 9. The lowest BCUT2D eigenvalue weighted by molar-refractivity contribution is 0.640. The minimum atomic E-state index is 1.16. The predicted molar refractivity (Wildman–Crippen MR) is 124 cm³/mol. The van der Waals surface area contributed by atoms with Crippen LogP contribution in [0.15, 0.2) is 97.2 Å². The van der Waals surface area contributed by atoms with Crippen LogP contribution in [0.2, 0.25) is 0 Å². The number of aryl methyl sites for hydroxylation is 2. The molecule has 0 aliphatic heterocycles. The highest BCUT2D eigenvalue weighted by Crippen LogP contribution is 2.26. The molecule has 1 heteroatoms. The Morgan fingerprint density at radius 2 is 1.14 bits per heavy atom. The van der Waals surface area contributed by atoms with E-state index in [9.17, 15) is 0 Å². The largest absolute Gasteiger partial charge is 0.361 e. The molecule has 0 atom stereocenters. The normalized spacial score (nSPS) is 10.9. The lowest BCUT2D eigenvalue weighted by atomic mass is 9.98. The topological polar surface area (TPSA) is 15.8 Å². The third kappa shape index (κ3) is 5.48. The van der Waals surface area contributed by atoms with Crippen LogP contribution in [0.1, 0.15) is 36.8 Å². The molecule has 1 aromatic heterocycles. The first-order chi connectivity index (χ1) is 14.4. The van der Waals surface area contributed by atoms with Crippen molar-refractivity contribution >= 4 is 0 Å². The van der Waals surface area contributed by atoms with Gasteiger partial charge in [-0.3, -0.25) is 0 Å². The Labute approximate surface area is 174 Å². The molecule has 4 aromatic rings. The van der Waals surface area contributed by atoms with E-state index in [4.69, 9.17) is 0 Å². The van der Waals surface area contributed by atoms with E-state index in [-0.39, 0.29) is 0 Å². The molecule has 3 aromatic carbocycles. The Hall–Kier alpha value is -3.06. The fourth-order valence-corrected chi connectivity index (χ4v) is 3.94.